The average molecular weight is 379 g/mol. The third kappa shape index (κ3) is 3.35. The van der Waals surface area contributed by atoms with Crippen LogP contribution >= 0.6 is 0 Å². The van der Waals surface area contributed by atoms with E-state index in [0.717, 1.165) is 5.56 Å². The van der Waals surface area contributed by atoms with Gasteiger partial charge in [0.1, 0.15) is 5.69 Å². The van der Waals surface area contributed by atoms with Crippen molar-refractivity contribution in [1.82, 2.24) is 20.2 Å². The lowest BCUT2D eigenvalue weighted by Gasteiger charge is -2.09. The molecule has 1 aromatic carbocycles. The number of nitrogens with two attached hydrogens (primary N) is 1. The summed E-state index contributed by atoms with van der Waals surface area (Å²) in [6.45, 7) is 5.24. The molecule has 0 atom stereocenters. The molecule has 2 aromatic heterocycles. The zero-order valence-corrected chi connectivity index (χ0v) is 15.5. The fraction of sp³-hybridized carbons (Fsp3) is 0.294. The van der Waals surface area contributed by atoms with Crippen LogP contribution < -0.4 is 5.73 Å². The monoisotopic (exact) mass is 379 g/mol. The highest BCUT2D eigenvalue weighted by Gasteiger charge is 2.19. The van der Waals surface area contributed by atoms with Crippen LogP contribution in [0, 0.1) is 6.92 Å². The Kier molecular flexibility index (Phi) is 4.84. The molecule has 3 aromatic rings. The zero-order valence-electron chi connectivity index (χ0n) is 14.7. The molecule has 9 heteroatoms. The molecule has 0 saturated heterocycles. The molecule has 0 aliphatic rings. The fourth-order valence-electron chi connectivity index (χ4n) is 2.31. The van der Waals surface area contributed by atoms with Crippen molar-refractivity contribution in [1.29, 1.82) is 0 Å². The standard InChI is InChI=1S/C17H19N5O3S.3H2/c1-10(2)26(23,24)13-6-4-12(5-7-13)14-9-19-11(3)16(20-14)17-22-21-15(8-18)25-17;;;/h4-7,9-10H,8,18H2,1-3H3;3*1H. The van der Waals surface area contributed by atoms with Crippen LogP contribution in [0.25, 0.3) is 22.8 Å². The molecule has 142 valence electrons. The van der Waals surface area contributed by atoms with E-state index in [2.05, 4.69) is 20.2 Å². The van der Waals surface area contributed by atoms with E-state index >= 15 is 0 Å². The van der Waals surface area contributed by atoms with Crippen molar-refractivity contribution in [2.75, 3.05) is 0 Å². The van der Waals surface area contributed by atoms with E-state index in [4.69, 9.17) is 10.2 Å². The van der Waals surface area contributed by atoms with Gasteiger partial charge >= 0.3 is 0 Å². The van der Waals surface area contributed by atoms with E-state index in [-0.39, 0.29) is 21.6 Å². The van der Waals surface area contributed by atoms with Gasteiger partial charge in [0, 0.05) is 9.84 Å². The summed E-state index contributed by atoms with van der Waals surface area (Å²) in [6, 6.07) is 6.56. The lowest BCUT2D eigenvalue weighted by atomic mass is 10.1. The number of sulfone groups is 1. The van der Waals surface area contributed by atoms with Gasteiger partial charge in [-0.3, -0.25) is 4.98 Å². The Hall–Kier alpha value is -2.65. The molecule has 0 unspecified atom stereocenters. The fourth-order valence-corrected chi connectivity index (χ4v) is 3.37. The van der Waals surface area contributed by atoms with Crippen molar-refractivity contribution in [3.8, 4) is 22.8 Å². The highest BCUT2D eigenvalue weighted by atomic mass is 32.2. The Morgan fingerprint density at radius 2 is 1.88 bits per heavy atom. The Morgan fingerprint density at radius 3 is 2.46 bits per heavy atom. The van der Waals surface area contributed by atoms with Crippen LogP contribution in [-0.4, -0.2) is 33.8 Å². The molecule has 26 heavy (non-hydrogen) atoms. The van der Waals surface area contributed by atoms with Crippen molar-refractivity contribution < 1.29 is 17.1 Å². The van der Waals surface area contributed by atoms with Crippen molar-refractivity contribution in [3.63, 3.8) is 0 Å². The first-order valence-electron chi connectivity index (χ1n) is 8.03. The number of rotatable bonds is 5. The van der Waals surface area contributed by atoms with E-state index < -0.39 is 15.1 Å². The molecule has 2 N–H and O–H groups in total. The largest absolute Gasteiger partial charge is 0.418 e. The maximum absolute atomic E-state index is 12.2. The minimum Gasteiger partial charge on any atom is -0.418 e. The molecule has 8 nitrogen and oxygen atoms in total. The van der Waals surface area contributed by atoms with Gasteiger partial charge in [-0.25, -0.2) is 13.4 Å². The Labute approximate surface area is 155 Å². The summed E-state index contributed by atoms with van der Waals surface area (Å²) in [5.74, 6) is 0.561. The van der Waals surface area contributed by atoms with Crippen LogP contribution in [0.2, 0.25) is 0 Å². The lowest BCUT2D eigenvalue weighted by molar-refractivity contribution is 0.506. The molecule has 0 saturated carbocycles. The number of hydrogen-bond donors (Lipinski definition) is 1. The molecule has 0 aliphatic heterocycles. The lowest BCUT2D eigenvalue weighted by Crippen LogP contribution is -2.13. The molecule has 0 amide bonds. The second kappa shape index (κ2) is 6.93. The second-order valence-electron chi connectivity index (χ2n) is 6.01. The molecular weight excluding hydrogens is 354 g/mol. The van der Waals surface area contributed by atoms with Gasteiger partial charge in [-0.05, 0) is 32.9 Å². The zero-order chi connectivity index (χ0) is 18.9. The molecule has 3 rings (SSSR count). The van der Waals surface area contributed by atoms with Crippen molar-refractivity contribution in [3.05, 3.63) is 42.0 Å². The van der Waals surface area contributed by atoms with Gasteiger partial charge in [-0.1, -0.05) is 12.1 Å². The number of benzene rings is 1. The van der Waals surface area contributed by atoms with E-state index in [0.29, 0.717) is 23.0 Å². The maximum Gasteiger partial charge on any atom is 0.268 e. The third-order valence-corrected chi connectivity index (χ3v) is 6.07. The maximum atomic E-state index is 12.2. The Bertz CT molecular complexity index is 1040. The number of aryl methyl sites for hydroxylation is 1. The van der Waals surface area contributed by atoms with E-state index in [1.807, 2.05) is 0 Å². The highest BCUT2D eigenvalue weighted by Crippen LogP contribution is 2.25. The Morgan fingerprint density at radius 1 is 1.19 bits per heavy atom. The van der Waals surface area contributed by atoms with Gasteiger partial charge in [-0.15, -0.1) is 10.2 Å². The van der Waals surface area contributed by atoms with Crippen molar-refractivity contribution >= 4 is 9.84 Å². The predicted molar refractivity (Wildman–Crippen MR) is 102 cm³/mol. The molecule has 2 heterocycles. The average Bonchev–Trinajstić information content (AvgIpc) is 3.11. The number of aromatic nitrogens is 4. The van der Waals surface area contributed by atoms with Crippen LogP contribution in [0.1, 0.15) is 29.7 Å². The highest BCUT2D eigenvalue weighted by molar-refractivity contribution is 7.92. The summed E-state index contributed by atoms with van der Waals surface area (Å²) >= 11 is 0. The van der Waals surface area contributed by atoms with E-state index in [1.165, 1.54) is 0 Å². The molecule has 0 aliphatic carbocycles. The van der Waals surface area contributed by atoms with Crippen LogP contribution in [0.3, 0.4) is 0 Å². The van der Waals surface area contributed by atoms with Crippen LogP contribution in [0.15, 0.2) is 39.8 Å². The van der Waals surface area contributed by atoms with Gasteiger partial charge in [-0.2, -0.15) is 0 Å². The molecule has 0 radical (unpaired) electrons. The van der Waals surface area contributed by atoms with Gasteiger partial charge in [0.15, 0.2) is 9.84 Å². The smallest absolute Gasteiger partial charge is 0.268 e. The van der Waals surface area contributed by atoms with E-state index in [1.54, 1.807) is 51.2 Å². The summed E-state index contributed by atoms with van der Waals surface area (Å²) in [5, 5.41) is 7.30. The van der Waals surface area contributed by atoms with E-state index in [9.17, 15) is 8.42 Å². The van der Waals surface area contributed by atoms with Crippen LogP contribution in [-0.2, 0) is 16.4 Å². The predicted octanol–water partition coefficient (Wildman–Crippen LogP) is 2.88. The van der Waals surface area contributed by atoms with Crippen molar-refractivity contribution in [2.24, 2.45) is 5.73 Å². The third-order valence-electron chi connectivity index (χ3n) is 3.90. The van der Waals surface area contributed by atoms with Crippen molar-refractivity contribution in [2.45, 2.75) is 37.5 Å². The number of nitrogens with zero attached hydrogens (tertiary/aromatic N) is 4. The first-order chi connectivity index (χ1) is 12.3. The first kappa shape index (κ1) is 18.2. The van der Waals surface area contributed by atoms with Gasteiger partial charge in [0.2, 0.25) is 5.89 Å². The quantitative estimate of drug-likeness (QED) is 0.717. The summed E-state index contributed by atoms with van der Waals surface area (Å²) in [4.78, 5) is 9.14. The first-order valence-corrected chi connectivity index (χ1v) is 9.58. The summed E-state index contributed by atoms with van der Waals surface area (Å²) in [6.07, 6.45) is 1.62. The summed E-state index contributed by atoms with van der Waals surface area (Å²) in [5.41, 5.74) is 7.91. The second-order valence-corrected chi connectivity index (χ2v) is 8.52. The molecule has 0 fully saturated rings. The minimum atomic E-state index is -3.32. The normalized spacial score (nSPS) is 11.9. The summed E-state index contributed by atoms with van der Waals surface area (Å²) < 4.78 is 29.9. The summed E-state index contributed by atoms with van der Waals surface area (Å²) in [7, 11) is -3.32. The van der Waals surface area contributed by atoms with Crippen LogP contribution in [0.5, 0.6) is 0 Å². The minimum absolute atomic E-state index is 0. The number of hydrogen-bond acceptors (Lipinski definition) is 8. The van der Waals surface area contributed by atoms with Crippen LogP contribution in [0.4, 0.5) is 0 Å². The SMILES string of the molecule is Cc1ncc(-c2ccc(S(=O)(=O)C(C)C)cc2)nc1-c1nnc(CN)o1.[HH].[HH].[HH]. The molecule has 0 bridgehead atoms. The Balaban J connectivity index is 0.00000261. The van der Waals surface area contributed by atoms with Gasteiger partial charge < -0.3 is 10.2 Å². The van der Waals surface area contributed by atoms with Gasteiger partial charge in [0.25, 0.3) is 5.89 Å². The topological polar surface area (TPSA) is 125 Å². The van der Waals surface area contributed by atoms with Gasteiger partial charge in [0.05, 0.1) is 34.3 Å². The molecule has 0 spiro atoms. The molecular formula is C17H25N5O3S.